The Bertz CT molecular complexity index is 907. The summed E-state index contributed by atoms with van der Waals surface area (Å²) < 4.78 is 1.02. The zero-order chi connectivity index (χ0) is 17.7. The summed E-state index contributed by atoms with van der Waals surface area (Å²) in [6.07, 6.45) is 5.42. The SMILES string of the molecule is Cc1cc([N+](=O)[O-])c2c(c1C)C1C=CCC1C(c1cccc(Br)c1)N2. The van der Waals surface area contributed by atoms with Crippen molar-refractivity contribution < 1.29 is 4.92 Å². The highest BCUT2D eigenvalue weighted by Gasteiger charge is 2.41. The van der Waals surface area contributed by atoms with Crippen LogP contribution < -0.4 is 5.32 Å². The van der Waals surface area contributed by atoms with Crippen molar-refractivity contribution in [3.63, 3.8) is 0 Å². The molecule has 128 valence electrons. The van der Waals surface area contributed by atoms with E-state index in [-0.39, 0.29) is 22.6 Å². The van der Waals surface area contributed by atoms with Gasteiger partial charge in [-0.3, -0.25) is 10.1 Å². The number of nitro groups is 1. The zero-order valence-electron chi connectivity index (χ0n) is 14.1. The van der Waals surface area contributed by atoms with Gasteiger partial charge in [0.2, 0.25) is 0 Å². The molecule has 0 amide bonds. The van der Waals surface area contributed by atoms with Crippen LogP contribution in [0.2, 0.25) is 0 Å². The van der Waals surface area contributed by atoms with Gasteiger partial charge in [0.15, 0.2) is 0 Å². The molecule has 0 aromatic heterocycles. The van der Waals surface area contributed by atoms with Gasteiger partial charge in [-0.25, -0.2) is 0 Å². The van der Waals surface area contributed by atoms with Crippen molar-refractivity contribution in [2.24, 2.45) is 5.92 Å². The summed E-state index contributed by atoms with van der Waals surface area (Å²) in [6.45, 7) is 4.03. The van der Waals surface area contributed by atoms with E-state index in [1.54, 1.807) is 6.07 Å². The highest BCUT2D eigenvalue weighted by Crippen LogP contribution is 2.53. The van der Waals surface area contributed by atoms with Crippen LogP contribution in [0.5, 0.6) is 0 Å². The van der Waals surface area contributed by atoms with Gasteiger partial charge in [-0.05, 0) is 60.6 Å². The van der Waals surface area contributed by atoms with Gasteiger partial charge >= 0.3 is 0 Å². The maximum absolute atomic E-state index is 11.7. The summed E-state index contributed by atoms with van der Waals surface area (Å²) in [5, 5.41) is 15.2. The third-order valence-electron chi connectivity index (χ3n) is 5.55. The van der Waals surface area contributed by atoms with E-state index < -0.39 is 0 Å². The Labute approximate surface area is 155 Å². The molecule has 0 spiro atoms. The minimum absolute atomic E-state index is 0.0609. The Morgan fingerprint density at radius 3 is 2.80 bits per heavy atom. The molecule has 5 heteroatoms. The maximum atomic E-state index is 11.7. The lowest BCUT2D eigenvalue weighted by Crippen LogP contribution is -2.30. The Morgan fingerprint density at radius 2 is 2.08 bits per heavy atom. The number of nitrogens with zero attached hydrogens (tertiary/aromatic N) is 1. The number of benzene rings is 2. The summed E-state index contributed by atoms with van der Waals surface area (Å²) in [6, 6.07) is 9.97. The number of halogens is 1. The quantitative estimate of drug-likeness (QED) is 0.395. The molecule has 2 aliphatic rings. The van der Waals surface area contributed by atoms with Crippen LogP contribution in [0.25, 0.3) is 0 Å². The molecule has 2 aromatic carbocycles. The predicted molar refractivity (Wildman–Crippen MR) is 103 cm³/mol. The van der Waals surface area contributed by atoms with Crippen molar-refractivity contribution in [3.05, 3.63) is 79.3 Å². The van der Waals surface area contributed by atoms with Crippen LogP contribution >= 0.6 is 15.9 Å². The van der Waals surface area contributed by atoms with Gasteiger partial charge in [0, 0.05) is 16.5 Å². The Kier molecular flexibility index (Phi) is 3.91. The molecular weight excluding hydrogens is 380 g/mol. The van der Waals surface area contributed by atoms with Gasteiger partial charge in [0.1, 0.15) is 5.69 Å². The average Bonchev–Trinajstić information content (AvgIpc) is 3.06. The van der Waals surface area contributed by atoms with Gasteiger partial charge in [0.25, 0.3) is 5.69 Å². The lowest BCUT2D eigenvalue weighted by atomic mass is 9.74. The second-order valence-electron chi connectivity index (χ2n) is 6.91. The number of hydrogen-bond acceptors (Lipinski definition) is 3. The van der Waals surface area contributed by atoms with E-state index in [4.69, 9.17) is 0 Å². The average molecular weight is 399 g/mol. The van der Waals surface area contributed by atoms with E-state index in [9.17, 15) is 10.1 Å². The third-order valence-corrected chi connectivity index (χ3v) is 6.05. The fraction of sp³-hybridized carbons (Fsp3) is 0.300. The van der Waals surface area contributed by atoms with Gasteiger partial charge < -0.3 is 5.32 Å². The number of hydrogen-bond donors (Lipinski definition) is 1. The third kappa shape index (κ3) is 2.58. The van der Waals surface area contributed by atoms with Crippen LogP contribution in [0.1, 0.15) is 40.6 Å². The van der Waals surface area contributed by atoms with Gasteiger partial charge in [-0.1, -0.05) is 40.2 Å². The second-order valence-corrected chi connectivity index (χ2v) is 7.83. The molecule has 1 aliphatic carbocycles. The van der Waals surface area contributed by atoms with Crippen molar-refractivity contribution in [1.29, 1.82) is 0 Å². The van der Waals surface area contributed by atoms with Crippen LogP contribution in [-0.2, 0) is 0 Å². The molecule has 1 aliphatic heterocycles. The van der Waals surface area contributed by atoms with Crippen molar-refractivity contribution >= 4 is 27.3 Å². The van der Waals surface area contributed by atoms with E-state index >= 15 is 0 Å². The van der Waals surface area contributed by atoms with Crippen LogP contribution in [-0.4, -0.2) is 4.92 Å². The molecule has 2 aromatic rings. The number of anilines is 1. The molecule has 0 bridgehead atoms. The van der Waals surface area contributed by atoms with Crippen LogP contribution in [0.4, 0.5) is 11.4 Å². The summed E-state index contributed by atoms with van der Waals surface area (Å²) in [5.74, 6) is 0.598. The zero-order valence-corrected chi connectivity index (χ0v) is 15.7. The Balaban J connectivity index is 1.92. The van der Waals surface area contributed by atoms with Crippen molar-refractivity contribution in [3.8, 4) is 0 Å². The number of aryl methyl sites for hydroxylation is 1. The highest BCUT2D eigenvalue weighted by atomic mass is 79.9. The molecule has 4 nitrogen and oxygen atoms in total. The first-order valence-electron chi connectivity index (χ1n) is 8.44. The number of allylic oxidation sites excluding steroid dienone is 2. The summed E-state index contributed by atoms with van der Waals surface area (Å²) in [5.41, 5.74) is 5.25. The number of rotatable bonds is 2. The first kappa shape index (κ1) is 16.3. The molecule has 1 N–H and O–H groups in total. The summed E-state index contributed by atoms with van der Waals surface area (Å²) in [4.78, 5) is 11.4. The smallest absolute Gasteiger partial charge is 0.292 e. The number of fused-ring (bicyclic) bond motifs is 3. The Morgan fingerprint density at radius 1 is 1.28 bits per heavy atom. The van der Waals surface area contributed by atoms with E-state index in [2.05, 4.69) is 52.5 Å². The minimum atomic E-state index is -0.269. The fourth-order valence-electron chi connectivity index (χ4n) is 4.25. The van der Waals surface area contributed by atoms with E-state index in [1.807, 2.05) is 19.1 Å². The molecule has 4 rings (SSSR count). The van der Waals surface area contributed by atoms with E-state index in [0.717, 1.165) is 33.1 Å². The summed E-state index contributed by atoms with van der Waals surface area (Å²) in [7, 11) is 0. The van der Waals surface area contributed by atoms with Crippen LogP contribution in [0.15, 0.2) is 47.0 Å². The van der Waals surface area contributed by atoms with Crippen molar-refractivity contribution in [2.45, 2.75) is 32.2 Å². The monoisotopic (exact) mass is 398 g/mol. The van der Waals surface area contributed by atoms with Gasteiger partial charge in [-0.2, -0.15) is 0 Å². The standard InChI is InChI=1S/C20H19BrN2O2/c1-11-9-17(23(24)25)20-18(12(11)2)15-7-4-8-16(15)19(22-20)13-5-3-6-14(21)10-13/h3-7,9-10,15-16,19,22H,8H2,1-2H3. The van der Waals surface area contributed by atoms with E-state index in [1.165, 1.54) is 0 Å². The van der Waals surface area contributed by atoms with Crippen molar-refractivity contribution in [2.75, 3.05) is 5.32 Å². The predicted octanol–water partition coefficient (Wildman–Crippen LogP) is 5.80. The molecule has 3 unspecified atom stereocenters. The first-order chi connectivity index (χ1) is 12.0. The Hall–Kier alpha value is -2.14. The molecule has 25 heavy (non-hydrogen) atoms. The lowest BCUT2D eigenvalue weighted by molar-refractivity contribution is -0.384. The molecule has 1 heterocycles. The molecule has 0 radical (unpaired) electrons. The largest absolute Gasteiger partial charge is 0.372 e. The second kappa shape index (κ2) is 5.99. The van der Waals surface area contributed by atoms with Crippen LogP contribution in [0.3, 0.4) is 0 Å². The summed E-state index contributed by atoms with van der Waals surface area (Å²) >= 11 is 3.54. The number of nitrogens with one attached hydrogen (secondary N) is 1. The molecular formula is C20H19BrN2O2. The van der Waals surface area contributed by atoms with Gasteiger partial charge in [0.05, 0.1) is 11.0 Å². The highest BCUT2D eigenvalue weighted by molar-refractivity contribution is 9.10. The maximum Gasteiger partial charge on any atom is 0.292 e. The minimum Gasteiger partial charge on any atom is -0.372 e. The molecule has 0 saturated carbocycles. The fourth-order valence-corrected chi connectivity index (χ4v) is 4.67. The topological polar surface area (TPSA) is 55.2 Å². The van der Waals surface area contributed by atoms with Crippen LogP contribution in [0, 0.1) is 29.9 Å². The first-order valence-corrected chi connectivity index (χ1v) is 9.24. The van der Waals surface area contributed by atoms with E-state index in [0.29, 0.717) is 11.6 Å². The van der Waals surface area contributed by atoms with Gasteiger partial charge in [-0.15, -0.1) is 0 Å². The lowest BCUT2D eigenvalue weighted by Gasteiger charge is -2.38. The normalized spacial score (nSPS) is 23.7. The number of nitro benzene ring substituents is 1. The molecule has 0 fully saturated rings. The molecule has 3 atom stereocenters. The molecule has 0 saturated heterocycles. The van der Waals surface area contributed by atoms with Crippen molar-refractivity contribution in [1.82, 2.24) is 0 Å².